The molecule has 0 spiro atoms. The van der Waals surface area contributed by atoms with Gasteiger partial charge in [-0.15, -0.1) is 12.4 Å². The highest BCUT2D eigenvalue weighted by molar-refractivity contribution is 5.85. The van der Waals surface area contributed by atoms with E-state index in [0.717, 1.165) is 11.4 Å². The van der Waals surface area contributed by atoms with E-state index in [1.165, 1.54) is 0 Å². The zero-order valence-corrected chi connectivity index (χ0v) is 8.71. The number of aliphatic hydroxyl groups excluding tert-OH is 1. The normalized spacial score (nSPS) is 12.3. The largest absolute Gasteiger partial charge is 0.395 e. The molecule has 0 fully saturated rings. The third-order valence-electron chi connectivity index (χ3n) is 1.80. The Morgan fingerprint density at radius 2 is 2.31 bits per heavy atom. The first-order valence-electron chi connectivity index (χ1n) is 3.99. The summed E-state index contributed by atoms with van der Waals surface area (Å²) >= 11 is 0. The zero-order chi connectivity index (χ0) is 9.14. The number of halogens is 1. The van der Waals surface area contributed by atoms with Gasteiger partial charge >= 0.3 is 0 Å². The first-order chi connectivity index (χ1) is 5.63. The molecule has 0 radical (unpaired) electrons. The molecule has 0 amide bonds. The molecule has 4 nitrogen and oxygen atoms in total. The van der Waals surface area contributed by atoms with Gasteiger partial charge in [0.05, 0.1) is 12.3 Å². The maximum absolute atomic E-state index is 8.74. The first-order valence-corrected chi connectivity index (χ1v) is 3.99. The fourth-order valence-corrected chi connectivity index (χ4v) is 1.19. The van der Waals surface area contributed by atoms with Crippen LogP contribution in [0.3, 0.4) is 0 Å². The van der Waals surface area contributed by atoms with Gasteiger partial charge in [-0.1, -0.05) is 0 Å². The highest BCUT2D eigenvalue weighted by Gasteiger charge is 2.06. The summed E-state index contributed by atoms with van der Waals surface area (Å²) in [5, 5.41) is 12.9. The van der Waals surface area contributed by atoms with Gasteiger partial charge in [-0.2, -0.15) is 5.10 Å². The summed E-state index contributed by atoms with van der Waals surface area (Å²) in [6, 6.07) is 1.80. The van der Waals surface area contributed by atoms with Crippen LogP contribution in [-0.2, 0) is 13.5 Å². The fourth-order valence-electron chi connectivity index (χ4n) is 1.19. The molecule has 0 aliphatic carbocycles. The molecule has 1 rings (SSSR count). The third-order valence-corrected chi connectivity index (χ3v) is 1.80. The predicted molar refractivity (Wildman–Crippen MR) is 54.0 cm³/mol. The third kappa shape index (κ3) is 3.34. The Morgan fingerprint density at radius 1 is 1.69 bits per heavy atom. The molecule has 0 aliphatic rings. The van der Waals surface area contributed by atoms with Gasteiger partial charge in [0.15, 0.2) is 0 Å². The van der Waals surface area contributed by atoms with Gasteiger partial charge in [0.2, 0.25) is 0 Å². The van der Waals surface area contributed by atoms with Gasteiger partial charge in [0.1, 0.15) is 0 Å². The molecule has 1 unspecified atom stereocenters. The second-order valence-corrected chi connectivity index (χ2v) is 3.05. The summed E-state index contributed by atoms with van der Waals surface area (Å²) in [4.78, 5) is 0. The summed E-state index contributed by atoms with van der Waals surface area (Å²) in [6.45, 7) is 1.96. The number of aliphatic hydroxyl groups is 1. The second kappa shape index (κ2) is 5.21. The molecular weight excluding hydrogens is 190 g/mol. The highest BCUT2D eigenvalue weighted by Crippen LogP contribution is 2.03. The molecule has 0 saturated carbocycles. The predicted octanol–water partition coefficient (Wildman–Crippen LogP) is 0.0124. The van der Waals surface area contributed by atoms with Gasteiger partial charge in [0, 0.05) is 25.2 Å². The van der Waals surface area contributed by atoms with Crippen LogP contribution in [-0.4, -0.2) is 27.5 Å². The smallest absolute Gasteiger partial charge is 0.0596 e. The molecule has 13 heavy (non-hydrogen) atoms. The lowest BCUT2D eigenvalue weighted by atomic mass is 10.2. The maximum atomic E-state index is 8.74. The van der Waals surface area contributed by atoms with Crippen LogP contribution >= 0.6 is 12.4 Å². The SMILES string of the molecule is Cc1cc(CC(N)CO)n(C)n1.Cl. The molecule has 0 bridgehead atoms. The molecule has 76 valence electrons. The van der Waals surface area contributed by atoms with Crippen molar-refractivity contribution in [3.63, 3.8) is 0 Å². The van der Waals surface area contributed by atoms with Gasteiger partial charge in [-0.25, -0.2) is 0 Å². The van der Waals surface area contributed by atoms with Gasteiger partial charge in [0.25, 0.3) is 0 Å². The van der Waals surface area contributed by atoms with Crippen LogP contribution in [0, 0.1) is 6.92 Å². The van der Waals surface area contributed by atoms with Crippen LogP contribution in [0.4, 0.5) is 0 Å². The van der Waals surface area contributed by atoms with Crippen LogP contribution in [0.1, 0.15) is 11.4 Å². The van der Waals surface area contributed by atoms with Crippen molar-refractivity contribution in [3.8, 4) is 0 Å². The van der Waals surface area contributed by atoms with Crippen molar-refractivity contribution >= 4 is 12.4 Å². The minimum Gasteiger partial charge on any atom is -0.395 e. The lowest BCUT2D eigenvalue weighted by molar-refractivity contribution is 0.264. The van der Waals surface area contributed by atoms with Crippen molar-refractivity contribution in [2.45, 2.75) is 19.4 Å². The molecule has 1 heterocycles. The Morgan fingerprint density at radius 3 is 2.69 bits per heavy atom. The number of nitrogens with two attached hydrogens (primary N) is 1. The van der Waals surface area contributed by atoms with Crippen molar-refractivity contribution in [2.24, 2.45) is 12.8 Å². The Hall–Kier alpha value is -0.580. The first kappa shape index (κ1) is 12.4. The van der Waals surface area contributed by atoms with E-state index in [1.807, 2.05) is 20.0 Å². The van der Waals surface area contributed by atoms with Crippen LogP contribution in [0.25, 0.3) is 0 Å². The van der Waals surface area contributed by atoms with E-state index in [0.29, 0.717) is 6.42 Å². The summed E-state index contributed by atoms with van der Waals surface area (Å²) in [5.74, 6) is 0. The van der Waals surface area contributed by atoms with E-state index in [2.05, 4.69) is 5.10 Å². The summed E-state index contributed by atoms with van der Waals surface area (Å²) in [6.07, 6.45) is 0.674. The van der Waals surface area contributed by atoms with E-state index < -0.39 is 0 Å². The highest BCUT2D eigenvalue weighted by atomic mass is 35.5. The second-order valence-electron chi connectivity index (χ2n) is 3.05. The minimum atomic E-state index is -0.181. The molecule has 1 atom stereocenters. The van der Waals surface area contributed by atoms with E-state index in [-0.39, 0.29) is 25.1 Å². The Labute approximate surface area is 84.2 Å². The van der Waals surface area contributed by atoms with Crippen molar-refractivity contribution in [3.05, 3.63) is 17.5 Å². The van der Waals surface area contributed by atoms with Crippen molar-refractivity contribution in [2.75, 3.05) is 6.61 Å². The summed E-state index contributed by atoms with van der Waals surface area (Å²) in [7, 11) is 1.88. The van der Waals surface area contributed by atoms with Crippen LogP contribution < -0.4 is 5.73 Å². The number of nitrogens with zero attached hydrogens (tertiary/aromatic N) is 2. The zero-order valence-electron chi connectivity index (χ0n) is 7.90. The van der Waals surface area contributed by atoms with Crippen molar-refractivity contribution in [1.29, 1.82) is 0 Å². The minimum absolute atomic E-state index is 0. The van der Waals surface area contributed by atoms with Gasteiger partial charge < -0.3 is 10.8 Å². The maximum Gasteiger partial charge on any atom is 0.0596 e. The number of hydrogen-bond donors (Lipinski definition) is 2. The quantitative estimate of drug-likeness (QED) is 0.731. The Kier molecular flexibility index (Phi) is 4.98. The molecule has 5 heteroatoms. The summed E-state index contributed by atoms with van der Waals surface area (Å²) < 4.78 is 1.80. The van der Waals surface area contributed by atoms with E-state index in [9.17, 15) is 0 Å². The molecule has 0 aromatic carbocycles. The average molecular weight is 206 g/mol. The number of aromatic nitrogens is 2. The monoisotopic (exact) mass is 205 g/mol. The molecule has 1 aromatic rings. The Bertz CT molecular complexity index is 262. The number of rotatable bonds is 3. The fraction of sp³-hybridized carbons (Fsp3) is 0.625. The van der Waals surface area contributed by atoms with Gasteiger partial charge in [-0.05, 0) is 13.0 Å². The van der Waals surface area contributed by atoms with Crippen molar-refractivity contribution < 1.29 is 5.11 Å². The number of aryl methyl sites for hydroxylation is 2. The molecule has 0 saturated heterocycles. The molecule has 3 N–H and O–H groups in total. The van der Waals surface area contributed by atoms with E-state index in [4.69, 9.17) is 10.8 Å². The molecular formula is C8H16ClN3O. The van der Waals surface area contributed by atoms with Crippen LogP contribution in [0.15, 0.2) is 6.07 Å². The molecule has 0 aliphatic heterocycles. The van der Waals surface area contributed by atoms with E-state index in [1.54, 1.807) is 4.68 Å². The van der Waals surface area contributed by atoms with E-state index >= 15 is 0 Å². The van der Waals surface area contributed by atoms with Crippen LogP contribution in [0.2, 0.25) is 0 Å². The lowest BCUT2D eigenvalue weighted by Crippen LogP contribution is -2.27. The Balaban J connectivity index is 0.00000144. The van der Waals surface area contributed by atoms with Crippen LogP contribution in [0.5, 0.6) is 0 Å². The summed E-state index contributed by atoms with van der Waals surface area (Å²) in [5.41, 5.74) is 7.64. The average Bonchev–Trinajstić information content (AvgIpc) is 2.30. The van der Waals surface area contributed by atoms with Crippen molar-refractivity contribution in [1.82, 2.24) is 9.78 Å². The standard InChI is InChI=1S/C8H15N3O.ClH/c1-6-3-8(11(2)10-6)4-7(9)5-12;/h3,7,12H,4-5,9H2,1-2H3;1H. The lowest BCUT2D eigenvalue weighted by Gasteiger charge is -2.06. The molecule has 1 aromatic heterocycles. The number of hydrogen-bond acceptors (Lipinski definition) is 3. The van der Waals surface area contributed by atoms with Gasteiger partial charge in [-0.3, -0.25) is 4.68 Å². The topological polar surface area (TPSA) is 64.1 Å².